The van der Waals surface area contributed by atoms with Crippen LogP contribution in [0.25, 0.3) is 0 Å². The number of benzene rings is 1. The molecule has 1 aliphatic heterocycles. The monoisotopic (exact) mass is 361 g/mol. The Labute approximate surface area is 156 Å². The van der Waals surface area contributed by atoms with E-state index < -0.39 is 5.60 Å². The summed E-state index contributed by atoms with van der Waals surface area (Å²) in [5.41, 5.74) is 1.82. The van der Waals surface area contributed by atoms with Crippen molar-refractivity contribution in [2.24, 2.45) is 0 Å². The largest absolute Gasteiger partial charge is 0.444 e. The van der Waals surface area contributed by atoms with Gasteiger partial charge < -0.3 is 15.0 Å². The number of hydrogen-bond donors (Lipinski definition) is 1. The molecule has 0 radical (unpaired) electrons. The highest BCUT2D eigenvalue weighted by atomic mass is 16.6. The van der Waals surface area contributed by atoms with Crippen LogP contribution < -0.4 is 5.32 Å². The van der Waals surface area contributed by atoms with Crippen LogP contribution in [-0.2, 0) is 22.6 Å². The molecule has 0 spiro atoms. The maximum atomic E-state index is 12.0. The van der Waals surface area contributed by atoms with E-state index in [9.17, 15) is 9.59 Å². The lowest BCUT2D eigenvalue weighted by atomic mass is 10.1. The molecule has 6 nitrogen and oxygen atoms in total. The Kier molecular flexibility index (Phi) is 6.64. The third-order valence-electron chi connectivity index (χ3n) is 4.23. The Bertz CT molecular complexity index is 622. The minimum absolute atomic E-state index is 0.0373. The zero-order chi connectivity index (χ0) is 19.3. The van der Waals surface area contributed by atoms with Gasteiger partial charge in [-0.2, -0.15) is 0 Å². The summed E-state index contributed by atoms with van der Waals surface area (Å²) < 4.78 is 5.37. The molecule has 0 saturated carbocycles. The molecular weight excluding hydrogens is 330 g/mol. The topological polar surface area (TPSA) is 61.9 Å². The van der Waals surface area contributed by atoms with Gasteiger partial charge in [0.2, 0.25) is 5.91 Å². The van der Waals surface area contributed by atoms with Gasteiger partial charge in [0.05, 0.1) is 0 Å². The highest BCUT2D eigenvalue weighted by Crippen LogP contribution is 2.16. The Morgan fingerprint density at radius 1 is 1.23 bits per heavy atom. The number of hydrogen-bond acceptors (Lipinski definition) is 4. The Hall–Kier alpha value is -2.08. The van der Waals surface area contributed by atoms with Crippen LogP contribution in [0.3, 0.4) is 0 Å². The number of rotatable bonds is 5. The molecule has 1 aliphatic rings. The van der Waals surface area contributed by atoms with Gasteiger partial charge in [0.15, 0.2) is 0 Å². The van der Waals surface area contributed by atoms with Gasteiger partial charge in [-0.25, -0.2) is 4.79 Å². The van der Waals surface area contributed by atoms with Gasteiger partial charge in [0.25, 0.3) is 0 Å². The SMILES string of the molecule is CC(=O)N[C@H]1CCN(Cc2ccc(CN(C)C(=O)OC(C)(C)C)cc2)C1. The van der Waals surface area contributed by atoms with E-state index >= 15 is 0 Å². The fourth-order valence-electron chi connectivity index (χ4n) is 3.07. The summed E-state index contributed by atoms with van der Waals surface area (Å²) in [4.78, 5) is 27.1. The molecule has 144 valence electrons. The van der Waals surface area contributed by atoms with Gasteiger partial charge in [-0.15, -0.1) is 0 Å². The lowest BCUT2D eigenvalue weighted by Crippen LogP contribution is -2.35. The van der Waals surface area contributed by atoms with Gasteiger partial charge >= 0.3 is 6.09 Å². The molecule has 1 atom stereocenters. The summed E-state index contributed by atoms with van der Waals surface area (Å²) in [5.74, 6) is 0.0373. The van der Waals surface area contributed by atoms with Crippen molar-refractivity contribution in [2.45, 2.75) is 58.8 Å². The first-order valence-corrected chi connectivity index (χ1v) is 9.14. The van der Waals surface area contributed by atoms with Crippen molar-refractivity contribution in [1.29, 1.82) is 0 Å². The average molecular weight is 361 g/mol. The lowest BCUT2D eigenvalue weighted by Gasteiger charge is -2.24. The first-order chi connectivity index (χ1) is 12.1. The zero-order valence-corrected chi connectivity index (χ0v) is 16.5. The second-order valence-corrected chi connectivity index (χ2v) is 8.07. The number of ether oxygens (including phenoxy) is 1. The van der Waals surface area contributed by atoms with E-state index in [0.717, 1.165) is 31.6 Å². The molecule has 1 aromatic carbocycles. The second-order valence-electron chi connectivity index (χ2n) is 8.07. The van der Waals surface area contributed by atoms with E-state index in [1.165, 1.54) is 5.56 Å². The van der Waals surface area contributed by atoms with Crippen molar-refractivity contribution in [3.8, 4) is 0 Å². The molecule has 1 heterocycles. The molecule has 0 aromatic heterocycles. The van der Waals surface area contributed by atoms with Crippen LogP contribution in [0.5, 0.6) is 0 Å². The van der Waals surface area contributed by atoms with Crippen LogP contribution in [0.1, 0.15) is 45.2 Å². The lowest BCUT2D eigenvalue weighted by molar-refractivity contribution is -0.119. The highest BCUT2D eigenvalue weighted by molar-refractivity contribution is 5.73. The maximum absolute atomic E-state index is 12.0. The Balaban J connectivity index is 1.83. The first-order valence-electron chi connectivity index (χ1n) is 9.14. The van der Waals surface area contributed by atoms with Crippen LogP contribution in [0.15, 0.2) is 24.3 Å². The summed E-state index contributed by atoms with van der Waals surface area (Å²) >= 11 is 0. The molecule has 0 unspecified atom stereocenters. The third-order valence-corrected chi connectivity index (χ3v) is 4.23. The number of likely N-dealkylation sites (tertiary alicyclic amines) is 1. The zero-order valence-electron chi connectivity index (χ0n) is 16.5. The van der Waals surface area contributed by atoms with Crippen LogP contribution in [0, 0.1) is 0 Å². The van der Waals surface area contributed by atoms with Crippen molar-refractivity contribution in [3.63, 3.8) is 0 Å². The smallest absolute Gasteiger partial charge is 0.410 e. The Morgan fingerprint density at radius 2 is 1.85 bits per heavy atom. The van der Waals surface area contributed by atoms with Gasteiger partial charge in [-0.3, -0.25) is 9.69 Å². The van der Waals surface area contributed by atoms with Gasteiger partial charge in [-0.05, 0) is 38.3 Å². The van der Waals surface area contributed by atoms with Crippen molar-refractivity contribution < 1.29 is 14.3 Å². The molecule has 1 fully saturated rings. The standard InChI is InChI=1S/C20H31N3O3/c1-15(24)21-18-10-11-23(14-18)13-17-8-6-16(7-9-17)12-22(5)19(25)26-20(2,3)4/h6-9,18H,10-14H2,1-5H3,(H,21,24)/t18-/m0/s1. The van der Waals surface area contributed by atoms with E-state index in [2.05, 4.69) is 34.5 Å². The summed E-state index contributed by atoms with van der Waals surface area (Å²) in [7, 11) is 1.74. The minimum Gasteiger partial charge on any atom is -0.444 e. The summed E-state index contributed by atoms with van der Waals surface area (Å²) in [6, 6.07) is 8.57. The molecule has 26 heavy (non-hydrogen) atoms. The Morgan fingerprint density at radius 3 is 2.42 bits per heavy atom. The number of carbonyl (C=O) groups excluding carboxylic acids is 2. The second kappa shape index (κ2) is 8.54. The van der Waals surface area contributed by atoms with Gasteiger partial charge in [-0.1, -0.05) is 24.3 Å². The molecular formula is C20H31N3O3. The summed E-state index contributed by atoms with van der Waals surface area (Å²) in [5, 5.41) is 2.98. The number of nitrogens with zero attached hydrogens (tertiary/aromatic N) is 2. The van der Waals surface area contributed by atoms with Crippen LogP contribution >= 0.6 is 0 Å². The first kappa shape index (κ1) is 20.2. The van der Waals surface area contributed by atoms with Gasteiger partial charge in [0.1, 0.15) is 5.60 Å². The molecule has 0 aliphatic carbocycles. The van der Waals surface area contributed by atoms with E-state index in [1.807, 2.05) is 20.8 Å². The molecule has 1 N–H and O–H groups in total. The predicted octanol–water partition coefficient (Wildman–Crippen LogP) is 2.76. The number of carbonyl (C=O) groups is 2. The van der Waals surface area contributed by atoms with E-state index in [-0.39, 0.29) is 18.0 Å². The van der Waals surface area contributed by atoms with E-state index in [0.29, 0.717) is 6.54 Å². The highest BCUT2D eigenvalue weighted by Gasteiger charge is 2.23. The molecule has 1 aromatic rings. The van der Waals surface area contributed by atoms with E-state index in [4.69, 9.17) is 4.74 Å². The predicted molar refractivity (Wildman–Crippen MR) is 102 cm³/mol. The van der Waals surface area contributed by atoms with Crippen LogP contribution in [0.2, 0.25) is 0 Å². The molecule has 1 saturated heterocycles. The normalized spacial score (nSPS) is 17.8. The van der Waals surface area contributed by atoms with Crippen molar-refractivity contribution in [1.82, 2.24) is 15.1 Å². The molecule has 2 rings (SSSR count). The van der Waals surface area contributed by atoms with Crippen molar-refractivity contribution in [3.05, 3.63) is 35.4 Å². The molecule has 0 bridgehead atoms. The van der Waals surface area contributed by atoms with Gasteiger partial charge in [0, 0.05) is 46.2 Å². The third kappa shape index (κ3) is 6.67. The summed E-state index contributed by atoms with van der Waals surface area (Å²) in [6.07, 6.45) is 0.681. The van der Waals surface area contributed by atoms with E-state index in [1.54, 1.807) is 18.9 Å². The molecule has 6 heteroatoms. The quantitative estimate of drug-likeness (QED) is 0.876. The van der Waals surface area contributed by atoms with Crippen LogP contribution in [0.4, 0.5) is 4.79 Å². The van der Waals surface area contributed by atoms with Crippen molar-refractivity contribution in [2.75, 3.05) is 20.1 Å². The van der Waals surface area contributed by atoms with Crippen molar-refractivity contribution >= 4 is 12.0 Å². The fraction of sp³-hybridized carbons (Fsp3) is 0.600. The minimum atomic E-state index is -0.486. The average Bonchev–Trinajstić information content (AvgIpc) is 2.93. The maximum Gasteiger partial charge on any atom is 0.410 e. The fourth-order valence-corrected chi connectivity index (χ4v) is 3.07. The number of nitrogens with one attached hydrogen (secondary N) is 1. The number of amides is 2. The molecule has 2 amide bonds. The summed E-state index contributed by atoms with van der Waals surface area (Å²) in [6.45, 7) is 10.4. The van der Waals surface area contributed by atoms with Crippen LogP contribution in [-0.4, -0.2) is 53.6 Å².